The number of hydrogen-bond donors (Lipinski definition) is 2. The fraction of sp³-hybridized carbons (Fsp3) is 0.429. The number of aromatic nitrogens is 2. The van der Waals surface area contributed by atoms with Gasteiger partial charge in [-0.15, -0.1) is 0 Å². The summed E-state index contributed by atoms with van der Waals surface area (Å²) in [6.07, 6.45) is 0.393. The molecule has 2 heterocycles. The van der Waals surface area contributed by atoms with Gasteiger partial charge in [0.05, 0.1) is 16.6 Å². The predicted octanol–water partition coefficient (Wildman–Crippen LogP) is 1.22. The van der Waals surface area contributed by atoms with Crippen molar-refractivity contribution in [3.05, 3.63) is 23.0 Å². The Bertz CT molecular complexity index is 722. The maximum absolute atomic E-state index is 12.5. The van der Waals surface area contributed by atoms with Crippen molar-refractivity contribution in [3.63, 3.8) is 0 Å². The number of carbonyl (C=O) groups excluding carboxylic acids is 2. The minimum absolute atomic E-state index is 0.301. The normalized spacial score (nSPS) is 13.9. The molecule has 1 unspecified atom stereocenters. The average Bonchev–Trinajstić information content (AvgIpc) is 2.78. The molecule has 0 aromatic carbocycles. The van der Waals surface area contributed by atoms with E-state index in [4.69, 9.17) is 10.3 Å². The predicted molar refractivity (Wildman–Crippen MR) is 76.6 cm³/mol. The number of carbonyl (C=O) groups is 2. The summed E-state index contributed by atoms with van der Waals surface area (Å²) in [7, 11) is 0. The maximum Gasteiger partial charge on any atom is 0.258 e. The molecule has 2 rings (SSSR count). The van der Waals surface area contributed by atoms with Gasteiger partial charge in [-0.05, 0) is 33.3 Å². The zero-order valence-corrected chi connectivity index (χ0v) is 12.5. The summed E-state index contributed by atoms with van der Waals surface area (Å²) in [5.74, 6) is -0.984. The van der Waals surface area contributed by atoms with Crippen LogP contribution in [-0.2, 0) is 4.79 Å². The number of primary amides is 1. The number of nitrogens with one attached hydrogen (secondary N) is 1. The average molecular weight is 290 g/mol. The lowest BCUT2D eigenvalue weighted by Gasteiger charge is -2.26. The van der Waals surface area contributed by atoms with E-state index in [1.165, 1.54) is 0 Å². The van der Waals surface area contributed by atoms with E-state index in [1.807, 2.05) is 0 Å². The van der Waals surface area contributed by atoms with E-state index < -0.39 is 17.4 Å². The van der Waals surface area contributed by atoms with Gasteiger partial charge in [0.15, 0.2) is 0 Å². The summed E-state index contributed by atoms with van der Waals surface area (Å²) in [5.41, 5.74) is 6.13. The minimum Gasteiger partial charge on any atom is -0.368 e. The van der Waals surface area contributed by atoms with E-state index in [0.717, 1.165) is 0 Å². The number of nitrogens with zero attached hydrogens (tertiary/aromatic N) is 2. The molecule has 0 radical (unpaired) electrons. The second kappa shape index (κ2) is 5.16. The zero-order chi connectivity index (χ0) is 15.8. The Morgan fingerprint density at radius 1 is 1.43 bits per heavy atom. The van der Waals surface area contributed by atoms with Gasteiger partial charge in [0.25, 0.3) is 11.6 Å². The molecule has 112 valence electrons. The van der Waals surface area contributed by atoms with E-state index in [9.17, 15) is 9.59 Å². The Kier molecular flexibility index (Phi) is 3.67. The highest BCUT2D eigenvalue weighted by Gasteiger charge is 2.32. The first-order valence-corrected chi connectivity index (χ1v) is 6.64. The molecule has 0 bridgehead atoms. The van der Waals surface area contributed by atoms with E-state index in [2.05, 4.69) is 15.5 Å². The molecule has 0 spiro atoms. The second-order valence-corrected chi connectivity index (χ2v) is 5.26. The van der Waals surface area contributed by atoms with Crippen LogP contribution >= 0.6 is 0 Å². The molecule has 0 aliphatic carbocycles. The van der Waals surface area contributed by atoms with Crippen LogP contribution in [0.25, 0.3) is 11.1 Å². The third-order valence-electron chi connectivity index (χ3n) is 3.63. The number of rotatable bonds is 4. The standard InChI is InChI=1S/C14H18N4O3/c1-5-14(4,13(15)20)17-11(19)9-6-7(2)16-12-10(9)8(3)18-21-12/h6H,5H2,1-4H3,(H2,15,20)(H,17,19). The van der Waals surface area contributed by atoms with Crippen molar-refractivity contribution < 1.29 is 14.1 Å². The summed E-state index contributed by atoms with van der Waals surface area (Å²) in [6.45, 7) is 6.86. The van der Waals surface area contributed by atoms with Gasteiger partial charge in [0, 0.05) is 5.69 Å². The summed E-state index contributed by atoms with van der Waals surface area (Å²) in [6, 6.07) is 1.64. The second-order valence-electron chi connectivity index (χ2n) is 5.26. The van der Waals surface area contributed by atoms with Crippen LogP contribution < -0.4 is 11.1 Å². The monoisotopic (exact) mass is 290 g/mol. The molecule has 2 amide bonds. The van der Waals surface area contributed by atoms with Gasteiger partial charge in [-0.3, -0.25) is 9.59 Å². The quantitative estimate of drug-likeness (QED) is 0.879. The highest BCUT2D eigenvalue weighted by atomic mass is 16.5. The van der Waals surface area contributed by atoms with Gasteiger partial charge in [0.1, 0.15) is 5.54 Å². The van der Waals surface area contributed by atoms with Crippen LogP contribution in [0.15, 0.2) is 10.6 Å². The lowest BCUT2D eigenvalue weighted by molar-refractivity contribution is -0.123. The van der Waals surface area contributed by atoms with Gasteiger partial charge in [-0.25, -0.2) is 4.98 Å². The molecular formula is C14H18N4O3. The number of aryl methyl sites for hydroxylation is 2. The van der Waals surface area contributed by atoms with Gasteiger partial charge in [-0.1, -0.05) is 12.1 Å². The molecule has 3 N–H and O–H groups in total. The summed E-state index contributed by atoms with van der Waals surface area (Å²) >= 11 is 0. The molecule has 2 aromatic rings. The van der Waals surface area contributed by atoms with Crippen molar-refractivity contribution in [1.29, 1.82) is 0 Å². The highest BCUT2D eigenvalue weighted by molar-refractivity contribution is 6.07. The van der Waals surface area contributed by atoms with Crippen molar-refractivity contribution in [2.24, 2.45) is 5.73 Å². The lowest BCUT2D eigenvalue weighted by atomic mass is 9.97. The highest BCUT2D eigenvalue weighted by Crippen LogP contribution is 2.22. The van der Waals surface area contributed by atoms with Crippen molar-refractivity contribution in [1.82, 2.24) is 15.5 Å². The number of nitrogens with two attached hydrogens (primary N) is 1. The third-order valence-corrected chi connectivity index (χ3v) is 3.63. The van der Waals surface area contributed by atoms with Crippen LogP contribution in [-0.4, -0.2) is 27.5 Å². The Morgan fingerprint density at radius 2 is 2.10 bits per heavy atom. The summed E-state index contributed by atoms with van der Waals surface area (Å²) < 4.78 is 5.09. The lowest BCUT2D eigenvalue weighted by Crippen LogP contribution is -2.54. The number of pyridine rings is 1. The molecule has 1 atom stereocenters. The number of amides is 2. The van der Waals surface area contributed by atoms with Crippen molar-refractivity contribution in [2.75, 3.05) is 0 Å². The van der Waals surface area contributed by atoms with E-state index in [0.29, 0.717) is 34.5 Å². The Labute approximate surface area is 121 Å². The molecule has 0 saturated carbocycles. The third kappa shape index (κ3) is 2.58. The molecule has 0 saturated heterocycles. The van der Waals surface area contributed by atoms with Crippen molar-refractivity contribution in [3.8, 4) is 0 Å². The smallest absolute Gasteiger partial charge is 0.258 e. The van der Waals surface area contributed by atoms with Crippen LogP contribution in [0.1, 0.15) is 42.0 Å². The Hall–Kier alpha value is -2.44. The van der Waals surface area contributed by atoms with Gasteiger partial charge < -0.3 is 15.6 Å². The van der Waals surface area contributed by atoms with Crippen LogP contribution in [0.4, 0.5) is 0 Å². The van der Waals surface area contributed by atoms with Gasteiger partial charge in [0.2, 0.25) is 5.91 Å². The first kappa shape index (κ1) is 15.0. The van der Waals surface area contributed by atoms with Crippen LogP contribution in [0, 0.1) is 13.8 Å². The summed E-state index contributed by atoms with van der Waals surface area (Å²) in [5, 5.41) is 7.05. The van der Waals surface area contributed by atoms with Crippen molar-refractivity contribution in [2.45, 2.75) is 39.7 Å². The number of hydrogen-bond acceptors (Lipinski definition) is 5. The molecule has 21 heavy (non-hydrogen) atoms. The van der Waals surface area contributed by atoms with Gasteiger partial charge in [-0.2, -0.15) is 0 Å². The molecule has 7 nitrogen and oxygen atoms in total. The van der Waals surface area contributed by atoms with E-state index in [1.54, 1.807) is 33.8 Å². The SMILES string of the molecule is CCC(C)(NC(=O)c1cc(C)nc2onc(C)c12)C(N)=O. The summed E-state index contributed by atoms with van der Waals surface area (Å²) in [4.78, 5) is 28.2. The first-order valence-electron chi connectivity index (χ1n) is 6.64. The molecule has 0 fully saturated rings. The minimum atomic E-state index is -1.11. The molecule has 7 heteroatoms. The fourth-order valence-electron chi connectivity index (χ4n) is 2.04. The van der Waals surface area contributed by atoms with Gasteiger partial charge >= 0.3 is 0 Å². The fourth-order valence-corrected chi connectivity index (χ4v) is 2.04. The topological polar surface area (TPSA) is 111 Å². The Balaban J connectivity index is 2.49. The maximum atomic E-state index is 12.5. The molecule has 0 aliphatic heterocycles. The largest absolute Gasteiger partial charge is 0.368 e. The number of fused-ring (bicyclic) bond motifs is 1. The van der Waals surface area contributed by atoms with Crippen LogP contribution in [0.5, 0.6) is 0 Å². The van der Waals surface area contributed by atoms with E-state index in [-0.39, 0.29) is 0 Å². The molecular weight excluding hydrogens is 272 g/mol. The molecule has 2 aromatic heterocycles. The van der Waals surface area contributed by atoms with Crippen molar-refractivity contribution >= 4 is 22.9 Å². The van der Waals surface area contributed by atoms with Crippen LogP contribution in [0.3, 0.4) is 0 Å². The molecule has 0 aliphatic rings. The zero-order valence-electron chi connectivity index (χ0n) is 12.5. The first-order chi connectivity index (χ1) is 9.78. The Morgan fingerprint density at radius 3 is 2.67 bits per heavy atom. The van der Waals surface area contributed by atoms with Crippen LogP contribution in [0.2, 0.25) is 0 Å². The van der Waals surface area contributed by atoms with E-state index >= 15 is 0 Å².